The molecule has 1 atom stereocenters. The fourth-order valence-electron chi connectivity index (χ4n) is 4.99. The third-order valence-electron chi connectivity index (χ3n) is 6.68. The van der Waals surface area contributed by atoms with Crippen LogP contribution in [0.4, 0.5) is 20.2 Å². The molecule has 11 heteroatoms. The molecule has 3 heterocycles. The van der Waals surface area contributed by atoms with Crippen molar-refractivity contribution in [2.24, 2.45) is 5.73 Å². The molecule has 36 heavy (non-hydrogen) atoms. The van der Waals surface area contributed by atoms with Crippen molar-refractivity contribution in [3.05, 3.63) is 65.2 Å². The second-order valence-corrected chi connectivity index (χ2v) is 8.84. The van der Waals surface area contributed by atoms with Gasteiger partial charge in [-0.25, -0.2) is 4.68 Å². The molecule has 2 aromatic rings. The van der Waals surface area contributed by atoms with E-state index < -0.39 is 24.5 Å². The average Bonchev–Trinajstić information content (AvgIpc) is 3.26. The predicted molar refractivity (Wildman–Crippen MR) is 127 cm³/mol. The van der Waals surface area contributed by atoms with Gasteiger partial charge in [-0.05, 0) is 56.0 Å². The highest BCUT2D eigenvalue weighted by Crippen LogP contribution is 2.35. The highest BCUT2D eigenvalue weighted by atomic mass is 19.3. The van der Waals surface area contributed by atoms with Gasteiger partial charge in [-0.3, -0.25) is 14.4 Å². The van der Waals surface area contributed by atoms with Crippen molar-refractivity contribution in [1.29, 1.82) is 0 Å². The van der Waals surface area contributed by atoms with Crippen molar-refractivity contribution in [3.63, 3.8) is 0 Å². The van der Waals surface area contributed by atoms with Crippen LogP contribution in [0.3, 0.4) is 0 Å². The average molecular weight is 498 g/mol. The van der Waals surface area contributed by atoms with Gasteiger partial charge in [0, 0.05) is 36.4 Å². The summed E-state index contributed by atoms with van der Waals surface area (Å²) >= 11 is 0. The Bertz CT molecular complexity index is 1270. The van der Waals surface area contributed by atoms with Gasteiger partial charge >= 0.3 is 6.61 Å². The number of carbonyl (C=O) groups is 3. The Labute approximate surface area is 205 Å². The first-order valence-corrected chi connectivity index (χ1v) is 11.8. The minimum absolute atomic E-state index is 0.0529. The topological polar surface area (TPSA) is 111 Å². The summed E-state index contributed by atoms with van der Waals surface area (Å²) in [6.07, 6.45) is 7.62. The van der Waals surface area contributed by atoms with Crippen molar-refractivity contribution in [3.8, 4) is 0 Å². The molecule has 188 valence electrons. The summed E-state index contributed by atoms with van der Waals surface area (Å²) in [6.45, 7) is -2.11. The predicted octanol–water partition coefficient (Wildman–Crippen LogP) is 3.33. The number of ether oxygens (including phenoxy) is 1. The maximum Gasteiger partial charge on any atom is 0.387 e. The zero-order chi connectivity index (χ0) is 25.4. The van der Waals surface area contributed by atoms with Gasteiger partial charge in [0.2, 0.25) is 5.91 Å². The van der Waals surface area contributed by atoms with Crippen LogP contribution in [0.2, 0.25) is 0 Å². The van der Waals surface area contributed by atoms with E-state index in [1.165, 1.54) is 10.8 Å². The first kappa shape index (κ1) is 23.7. The molecule has 1 aromatic carbocycles. The summed E-state index contributed by atoms with van der Waals surface area (Å²) in [7, 11) is 0. The number of fused-ring (bicyclic) bond motifs is 1. The Kier molecular flexibility index (Phi) is 6.29. The Morgan fingerprint density at radius 3 is 2.44 bits per heavy atom. The summed E-state index contributed by atoms with van der Waals surface area (Å²) in [4.78, 5) is 41.4. The molecule has 2 N–H and O–H groups in total. The van der Waals surface area contributed by atoms with Crippen LogP contribution < -0.4 is 15.5 Å². The smallest absolute Gasteiger partial charge is 0.387 e. The third kappa shape index (κ3) is 4.25. The van der Waals surface area contributed by atoms with Gasteiger partial charge in [0.1, 0.15) is 17.5 Å². The number of nitrogens with zero attached hydrogens (tertiary/aromatic N) is 4. The molecule has 1 fully saturated rings. The molecule has 0 bridgehead atoms. The fraction of sp³-hybridized carbons (Fsp3) is 0.360. The number of nitrogens with two attached hydrogens (primary N) is 1. The molecule has 1 unspecified atom stereocenters. The number of hydrogen-bond donors (Lipinski definition) is 1. The number of halogens is 2. The van der Waals surface area contributed by atoms with Crippen LogP contribution in [0.15, 0.2) is 48.3 Å². The molecule has 0 spiro atoms. The van der Waals surface area contributed by atoms with Crippen molar-refractivity contribution in [1.82, 2.24) is 9.78 Å². The number of benzene rings is 1. The van der Waals surface area contributed by atoms with Crippen LogP contribution in [-0.2, 0) is 16.0 Å². The first-order chi connectivity index (χ1) is 17.3. The van der Waals surface area contributed by atoms with E-state index in [2.05, 4.69) is 9.84 Å². The standard InChI is InChI=1S/C25H25F2N5O4/c26-25(27)36-19-6-2-1-5-18(19)32-22-17(21(29-32)23(28)34)12-14-31(24(22)35)16-10-8-15(9-11-16)30-13-4-3-7-20(30)33/h1-2,6,8-11,18,25H,3-5,7,12-14H2,(H2,28,34). The first-order valence-electron chi connectivity index (χ1n) is 11.8. The molecule has 0 saturated carbocycles. The number of piperidine rings is 1. The molecule has 1 aromatic heterocycles. The molecule has 3 aliphatic rings. The van der Waals surface area contributed by atoms with Crippen molar-refractivity contribution < 1.29 is 27.9 Å². The number of alkyl halides is 2. The number of anilines is 2. The maximum atomic E-state index is 13.7. The van der Waals surface area contributed by atoms with Crippen LogP contribution in [0, 0.1) is 0 Å². The number of hydrogen-bond acceptors (Lipinski definition) is 5. The lowest BCUT2D eigenvalue weighted by Gasteiger charge is -2.31. The van der Waals surface area contributed by atoms with Crippen LogP contribution in [0.25, 0.3) is 0 Å². The third-order valence-corrected chi connectivity index (χ3v) is 6.68. The summed E-state index contributed by atoms with van der Waals surface area (Å²) in [6, 6.07) is 6.31. The van der Waals surface area contributed by atoms with E-state index in [9.17, 15) is 23.2 Å². The molecule has 1 aliphatic carbocycles. The van der Waals surface area contributed by atoms with E-state index in [0.717, 1.165) is 18.5 Å². The monoisotopic (exact) mass is 497 g/mol. The van der Waals surface area contributed by atoms with E-state index in [1.54, 1.807) is 46.2 Å². The van der Waals surface area contributed by atoms with Crippen molar-refractivity contribution >= 4 is 29.1 Å². The number of rotatable bonds is 6. The second-order valence-electron chi connectivity index (χ2n) is 8.84. The lowest BCUT2D eigenvalue weighted by Crippen LogP contribution is -2.40. The van der Waals surface area contributed by atoms with E-state index >= 15 is 0 Å². The highest BCUT2D eigenvalue weighted by Gasteiger charge is 2.37. The Morgan fingerprint density at radius 2 is 1.78 bits per heavy atom. The summed E-state index contributed by atoms with van der Waals surface area (Å²) < 4.78 is 32.1. The number of allylic oxidation sites excluding steroid dienone is 4. The van der Waals surface area contributed by atoms with Gasteiger partial charge in [0.25, 0.3) is 11.8 Å². The lowest BCUT2D eigenvalue weighted by atomic mass is 10.0. The molecule has 3 amide bonds. The Morgan fingerprint density at radius 1 is 1.06 bits per heavy atom. The Balaban J connectivity index is 1.48. The minimum Gasteiger partial charge on any atom is -0.437 e. The van der Waals surface area contributed by atoms with Gasteiger partial charge in [0.05, 0.1) is 0 Å². The molecule has 5 rings (SSSR count). The summed E-state index contributed by atoms with van der Waals surface area (Å²) in [5.74, 6) is -1.21. The van der Waals surface area contributed by atoms with Crippen LogP contribution in [0.1, 0.15) is 58.3 Å². The van der Waals surface area contributed by atoms with Gasteiger partial charge in [-0.2, -0.15) is 13.9 Å². The maximum absolute atomic E-state index is 13.7. The normalized spacial score (nSPS) is 20.0. The minimum atomic E-state index is -3.05. The van der Waals surface area contributed by atoms with E-state index in [4.69, 9.17) is 5.73 Å². The van der Waals surface area contributed by atoms with Crippen LogP contribution in [-0.4, -0.2) is 47.2 Å². The summed E-state index contributed by atoms with van der Waals surface area (Å²) in [5, 5.41) is 4.29. The number of carbonyl (C=O) groups excluding carboxylic acids is 3. The fourth-order valence-corrected chi connectivity index (χ4v) is 4.99. The molecule has 0 radical (unpaired) electrons. The zero-order valence-electron chi connectivity index (χ0n) is 19.4. The van der Waals surface area contributed by atoms with Crippen molar-refractivity contribution in [2.75, 3.05) is 22.9 Å². The molecular weight excluding hydrogens is 472 g/mol. The molecule has 9 nitrogen and oxygen atoms in total. The lowest BCUT2D eigenvalue weighted by molar-refractivity contribution is -0.119. The zero-order valence-corrected chi connectivity index (χ0v) is 19.4. The van der Waals surface area contributed by atoms with Gasteiger partial charge < -0.3 is 20.3 Å². The van der Waals surface area contributed by atoms with Crippen LogP contribution >= 0.6 is 0 Å². The second kappa shape index (κ2) is 9.56. The Hall–Kier alpha value is -4.02. The molecule has 2 aliphatic heterocycles. The highest BCUT2D eigenvalue weighted by molar-refractivity contribution is 6.09. The van der Waals surface area contributed by atoms with Gasteiger partial charge in [-0.1, -0.05) is 12.2 Å². The number of primary amides is 1. The molecule has 1 saturated heterocycles. The SMILES string of the molecule is NC(=O)c1nn(C2CC=CC=C2OC(F)F)c2c1CCN(c1ccc(N3CCCCC3=O)cc1)C2=O. The molecular formula is C25H25F2N5O4. The number of amides is 3. The summed E-state index contributed by atoms with van der Waals surface area (Å²) in [5.41, 5.74) is 7.37. The van der Waals surface area contributed by atoms with Gasteiger partial charge in [-0.15, -0.1) is 0 Å². The van der Waals surface area contributed by atoms with E-state index in [-0.39, 0.29) is 36.0 Å². The van der Waals surface area contributed by atoms with E-state index in [1.807, 2.05) is 0 Å². The van der Waals surface area contributed by atoms with Crippen LogP contribution in [0.5, 0.6) is 0 Å². The van der Waals surface area contributed by atoms with Gasteiger partial charge in [0.15, 0.2) is 5.69 Å². The quantitative estimate of drug-likeness (QED) is 0.658. The number of aromatic nitrogens is 2. The largest absolute Gasteiger partial charge is 0.437 e. The van der Waals surface area contributed by atoms with E-state index in [0.29, 0.717) is 30.6 Å². The van der Waals surface area contributed by atoms with Crippen molar-refractivity contribution in [2.45, 2.75) is 44.8 Å².